The van der Waals surface area contributed by atoms with Crippen LogP contribution < -0.4 is 5.48 Å². The quantitative estimate of drug-likeness (QED) is 0.624. The minimum Gasteiger partial charge on any atom is -0.478 e. The molecular formula is C8H6N2O4. The standard InChI is InChI=1S/C8H6N2O4/c11-7(12)4-1-2-5-6(3-4)14-8(9-5)10-13/h1-3,13H,(H,9,10)(H,11,12). The highest BCUT2D eigenvalue weighted by molar-refractivity contribution is 5.91. The van der Waals surface area contributed by atoms with Gasteiger partial charge in [0.05, 0.1) is 5.56 Å². The van der Waals surface area contributed by atoms with Gasteiger partial charge in [-0.25, -0.2) is 10.3 Å². The molecule has 1 aromatic heterocycles. The number of anilines is 1. The van der Waals surface area contributed by atoms with Gasteiger partial charge in [-0.05, 0) is 18.2 Å². The van der Waals surface area contributed by atoms with Crippen molar-refractivity contribution in [1.29, 1.82) is 0 Å². The lowest BCUT2D eigenvalue weighted by atomic mass is 10.2. The molecule has 0 saturated carbocycles. The van der Waals surface area contributed by atoms with Crippen molar-refractivity contribution < 1.29 is 19.5 Å². The Balaban J connectivity index is 2.59. The molecule has 0 unspecified atom stereocenters. The Bertz CT molecular complexity index is 491. The van der Waals surface area contributed by atoms with Gasteiger partial charge in [0.2, 0.25) is 0 Å². The summed E-state index contributed by atoms with van der Waals surface area (Å²) >= 11 is 0. The lowest BCUT2D eigenvalue weighted by Crippen LogP contribution is -1.94. The van der Waals surface area contributed by atoms with Gasteiger partial charge in [-0.1, -0.05) is 0 Å². The zero-order valence-corrected chi connectivity index (χ0v) is 6.89. The molecule has 72 valence electrons. The van der Waals surface area contributed by atoms with Crippen LogP contribution >= 0.6 is 0 Å². The smallest absolute Gasteiger partial charge is 0.335 e. The molecular weight excluding hydrogens is 188 g/mol. The fraction of sp³-hybridized carbons (Fsp3) is 0. The van der Waals surface area contributed by atoms with E-state index < -0.39 is 5.97 Å². The number of benzene rings is 1. The summed E-state index contributed by atoms with van der Waals surface area (Å²) in [5.41, 5.74) is 2.63. The van der Waals surface area contributed by atoms with E-state index in [0.717, 1.165) is 0 Å². The Morgan fingerprint density at radius 2 is 2.29 bits per heavy atom. The summed E-state index contributed by atoms with van der Waals surface area (Å²) in [7, 11) is 0. The molecule has 1 aromatic carbocycles. The zero-order chi connectivity index (χ0) is 10.1. The summed E-state index contributed by atoms with van der Waals surface area (Å²) in [4.78, 5) is 14.4. The van der Waals surface area contributed by atoms with Crippen molar-refractivity contribution >= 4 is 23.1 Å². The number of aromatic nitrogens is 1. The number of rotatable bonds is 2. The van der Waals surface area contributed by atoms with Crippen molar-refractivity contribution in [2.75, 3.05) is 5.48 Å². The maximum Gasteiger partial charge on any atom is 0.335 e. The first-order valence-corrected chi connectivity index (χ1v) is 3.74. The summed E-state index contributed by atoms with van der Waals surface area (Å²) in [6.45, 7) is 0. The van der Waals surface area contributed by atoms with Crippen LogP contribution in [0.3, 0.4) is 0 Å². The number of carboxylic acids is 1. The summed E-state index contributed by atoms with van der Waals surface area (Å²) < 4.78 is 4.97. The Labute approximate surface area is 77.7 Å². The van der Waals surface area contributed by atoms with Crippen molar-refractivity contribution in [3.8, 4) is 0 Å². The largest absolute Gasteiger partial charge is 0.478 e. The third-order valence-corrected chi connectivity index (χ3v) is 1.73. The van der Waals surface area contributed by atoms with Crippen LogP contribution in [0.15, 0.2) is 22.6 Å². The van der Waals surface area contributed by atoms with E-state index in [1.807, 2.05) is 0 Å². The van der Waals surface area contributed by atoms with Gasteiger partial charge in [0.1, 0.15) is 5.52 Å². The second-order valence-corrected chi connectivity index (χ2v) is 2.62. The van der Waals surface area contributed by atoms with Crippen LogP contribution in [-0.2, 0) is 0 Å². The molecule has 0 spiro atoms. The van der Waals surface area contributed by atoms with E-state index in [9.17, 15) is 4.79 Å². The SMILES string of the molecule is O=C(O)c1ccc2nc(NO)oc2c1. The molecule has 6 heteroatoms. The topological polar surface area (TPSA) is 95.6 Å². The molecule has 0 aliphatic carbocycles. The molecule has 6 nitrogen and oxygen atoms in total. The number of aromatic carboxylic acids is 1. The fourth-order valence-corrected chi connectivity index (χ4v) is 1.11. The van der Waals surface area contributed by atoms with Crippen LogP contribution in [0.25, 0.3) is 11.1 Å². The van der Waals surface area contributed by atoms with Gasteiger partial charge in [0.25, 0.3) is 0 Å². The Morgan fingerprint density at radius 3 is 2.93 bits per heavy atom. The molecule has 1 heterocycles. The van der Waals surface area contributed by atoms with E-state index in [-0.39, 0.29) is 11.6 Å². The van der Waals surface area contributed by atoms with Crippen LogP contribution in [0.2, 0.25) is 0 Å². The number of hydrogen-bond acceptors (Lipinski definition) is 5. The molecule has 0 aliphatic rings. The van der Waals surface area contributed by atoms with Crippen molar-refractivity contribution in [3.63, 3.8) is 0 Å². The number of nitrogens with one attached hydrogen (secondary N) is 1. The molecule has 0 atom stereocenters. The molecule has 0 aliphatic heterocycles. The summed E-state index contributed by atoms with van der Waals surface area (Å²) in [5, 5.41) is 17.2. The fourth-order valence-electron chi connectivity index (χ4n) is 1.11. The first kappa shape index (κ1) is 8.52. The van der Waals surface area contributed by atoms with Crippen LogP contribution in [0.5, 0.6) is 0 Å². The number of nitrogens with zero attached hydrogens (tertiary/aromatic N) is 1. The highest BCUT2D eigenvalue weighted by Gasteiger charge is 2.08. The normalized spacial score (nSPS) is 10.4. The Hall–Kier alpha value is -2.08. The van der Waals surface area contributed by atoms with E-state index in [1.165, 1.54) is 18.2 Å². The Morgan fingerprint density at radius 1 is 1.50 bits per heavy atom. The van der Waals surface area contributed by atoms with Crippen LogP contribution in [0, 0.1) is 0 Å². The lowest BCUT2D eigenvalue weighted by Gasteiger charge is -1.91. The van der Waals surface area contributed by atoms with Gasteiger partial charge >= 0.3 is 12.0 Å². The monoisotopic (exact) mass is 194 g/mol. The lowest BCUT2D eigenvalue weighted by molar-refractivity contribution is 0.0697. The minimum absolute atomic E-state index is 0.0671. The summed E-state index contributed by atoms with van der Waals surface area (Å²) in [5.74, 6) is -1.04. The molecule has 0 saturated heterocycles. The summed E-state index contributed by atoms with van der Waals surface area (Å²) in [6, 6.07) is 4.19. The highest BCUT2D eigenvalue weighted by atomic mass is 16.5. The molecule has 3 N–H and O–H groups in total. The van der Waals surface area contributed by atoms with E-state index in [1.54, 1.807) is 5.48 Å². The maximum absolute atomic E-state index is 10.6. The van der Waals surface area contributed by atoms with Gasteiger partial charge in [-0.15, -0.1) is 0 Å². The zero-order valence-electron chi connectivity index (χ0n) is 6.89. The first-order chi connectivity index (χ1) is 6.70. The molecule has 0 radical (unpaired) electrons. The second-order valence-electron chi connectivity index (χ2n) is 2.62. The highest BCUT2D eigenvalue weighted by Crippen LogP contribution is 2.19. The molecule has 0 fully saturated rings. The average Bonchev–Trinajstić information content (AvgIpc) is 2.58. The van der Waals surface area contributed by atoms with E-state index >= 15 is 0 Å². The van der Waals surface area contributed by atoms with Gasteiger partial charge in [-0.3, -0.25) is 5.21 Å². The van der Waals surface area contributed by atoms with Crippen LogP contribution in [0.1, 0.15) is 10.4 Å². The molecule has 0 bridgehead atoms. The minimum atomic E-state index is -1.04. The van der Waals surface area contributed by atoms with Gasteiger partial charge in [0.15, 0.2) is 5.58 Å². The molecule has 2 aromatic rings. The molecule has 14 heavy (non-hydrogen) atoms. The van der Waals surface area contributed by atoms with Gasteiger partial charge in [-0.2, -0.15) is 4.98 Å². The van der Waals surface area contributed by atoms with Crippen molar-refractivity contribution in [3.05, 3.63) is 23.8 Å². The van der Waals surface area contributed by atoms with Crippen molar-refractivity contribution in [2.24, 2.45) is 0 Å². The summed E-state index contributed by atoms with van der Waals surface area (Å²) in [6.07, 6.45) is 0. The maximum atomic E-state index is 10.6. The first-order valence-electron chi connectivity index (χ1n) is 3.74. The second kappa shape index (κ2) is 3.00. The average molecular weight is 194 g/mol. The predicted octanol–water partition coefficient (Wildman–Crippen LogP) is 1.33. The number of carboxylic acid groups (broad SMARTS) is 1. The van der Waals surface area contributed by atoms with Crippen molar-refractivity contribution in [1.82, 2.24) is 4.98 Å². The number of oxazole rings is 1. The van der Waals surface area contributed by atoms with E-state index in [4.69, 9.17) is 14.7 Å². The van der Waals surface area contributed by atoms with Crippen LogP contribution in [0.4, 0.5) is 6.01 Å². The Kier molecular flexibility index (Phi) is 1.83. The van der Waals surface area contributed by atoms with E-state index in [2.05, 4.69) is 4.98 Å². The molecule has 0 amide bonds. The van der Waals surface area contributed by atoms with E-state index in [0.29, 0.717) is 11.1 Å². The molecule has 2 rings (SSSR count). The number of hydrogen-bond donors (Lipinski definition) is 3. The van der Waals surface area contributed by atoms with Crippen molar-refractivity contribution in [2.45, 2.75) is 0 Å². The predicted molar refractivity (Wildman–Crippen MR) is 46.4 cm³/mol. The number of fused-ring (bicyclic) bond motifs is 1. The van der Waals surface area contributed by atoms with Gasteiger partial charge < -0.3 is 9.52 Å². The third-order valence-electron chi connectivity index (χ3n) is 1.73. The number of carbonyl (C=O) groups is 1. The third kappa shape index (κ3) is 1.27. The van der Waals surface area contributed by atoms with Crippen LogP contribution in [-0.4, -0.2) is 21.3 Å². The van der Waals surface area contributed by atoms with Gasteiger partial charge in [0, 0.05) is 0 Å².